The van der Waals surface area contributed by atoms with Gasteiger partial charge in [0.15, 0.2) is 0 Å². The van der Waals surface area contributed by atoms with E-state index in [2.05, 4.69) is 23.6 Å². The third kappa shape index (κ3) is 2.14. The fourth-order valence-corrected chi connectivity index (χ4v) is 2.66. The quantitative estimate of drug-likeness (QED) is 0.633. The highest BCUT2D eigenvalue weighted by molar-refractivity contribution is 5.80. The molecule has 0 aliphatic heterocycles. The van der Waals surface area contributed by atoms with Crippen molar-refractivity contribution in [3.63, 3.8) is 0 Å². The van der Waals surface area contributed by atoms with Crippen molar-refractivity contribution in [1.82, 2.24) is 4.57 Å². The first-order valence-electron chi connectivity index (χ1n) is 6.60. The molecule has 0 N–H and O–H groups in total. The van der Waals surface area contributed by atoms with E-state index in [1.165, 1.54) is 11.6 Å². The molecule has 0 saturated heterocycles. The monoisotopic (exact) mass is 253 g/mol. The lowest BCUT2D eigenvalue weighted by molar-refractivity contribution is 0.582. The summed E-state index contributed by atoms with van der Waals surface area (Å²) in [5.74, 6) is -0.185. The van der Waals surface area contributed by atoms with Crippen LogP contribution in [0.25, 0.3) is 10.9 Å². The molecule has 2 aromatic carbocycles. The maximum absolute atomic E-state index is 13.5. The fraction of sp³-hybridized carbons (Fsp3) is 0.176. The van der Waals surface area contributed by atoms with Gasteiger partial charge < -0.3 is 4.57 Å². The summed E-state index contributed by atoms with van der Waals surface area (Å²) in [7, 11) is 0. The highest BCUT2D eigenvalue weighted by Gasteiger charge is 2.13. The molecular formula is C17H16FN. The summed E-state index contributed by atoms with van der Waals surface area (Å²) in [4.78, 5) is 0. The van der Waals surface area contributed by atoms with Crippen molar-refractivity contribution >= 4 is 10.9 Å². The number of aromatic nitrogens is 1. The Balaban J connectivity index is 2.14. The SMILES string of the molecule is CCC(c1ccccc1)n1ccc2ccc(F)cc21. The van der Waals surface area contributed by atoms with Crippen molar-refractivity contribution in [2.24, 2.45) is 0 Å². The fourth-order valence-electron chi connectivity index (χ4n) is 2.66. The summed E-state index contributed by atoms with van der Waals surface area (Å²) >= 11 is 0. The van der Waals surface area contributed by atoms with Gasteiger partial charge in [0.25, 0.3) is 0 Å². The van der Waals surface area contributed by atoms with Crippen LogP contribution in [0, 0.1) is 5.82 Å². The molecule has 2 heteroatoms. The van der Waals surface area contributed by atoms with Crippen LogP contribution in [0.1, 0.15) is 24.9 Å². The van der Waals surface area contributed by atoms with Crippen molar-refractivity contribution in [3.8, 4) is 0 Å². The Morgan fingerprint density at radius 3 is 2.58 bits per heavy atom. The van der Waals surface area contributed by atoms with Gasteiger partial charge in [-0.3, -0.25) is 0 Å². The van der Waals surface area contributed by atoms with Gasteiger partial charge in [-0.25, -0.2) is 4.39 Å². The molecule has 1 unspecified atom stereocenters. The summed E-state index contributed by atoms with van der Waals surface area (Å²) in [6.45, 7) is 2.16. The zero-order valence-corrected chi connectivity index (χ0v) is 10.9. The van der Waals surface area contributed by atoms with Crippen LogP contribution in [0.5, 0.6) is 0 Å². The Morgan fingerprint density at radius 1 is 1.05 bits per heavy atom. The first-order chi connectivity index (χ1) is 9.29. The first kappa shape index (κ1) is 12.0. The zero-order valence-electron chi connectivity index (χ0n) is 10.9. The summed E-state index contributed by atoms with van der Waals surface area (Å²) in [6.07, 6.45) is 3.02. The highest BCUT2D eigenvalue weighted by Crippen LogP contribution is 2.27. The molecule has 3 rings (SSSR count). The smallest absolute Gasteiger partial charge is 0.125 e. The number of benzene rings is 2. The molecule has 1 aromatic heterocycles. The molecule has 0 radical (unpaired) electrons. The second-order valence-electron chi connectivity index (χ2n) is 4.76. The van der Waals surface area contributed by atoms with Crippen molar-refractivity contribution in [1.29, 1.82) is 0 Å². The molecule has 0 amide bonds. The molecule has 0 bridgehead atoms. The van der Waals surface area contributed by atoms with E-state index in [0.717, 1.165) is 17.3 Å². The summed E-state index contributed by atoms with van der Waals surface area (Å²) in [6, 6.07) is 17.6. The van der Waals surface area contributed by atoms with Gasteiger partial charge in [-0.2, -0.15) is 0 Å². The molecule has 0 saturated carbocycles. The highest BCUT2D eigenvalue weighted by atomic mass is 19.1. The minimum Gasteiger partial charge on any atom is -0.340 e. The first-order valence-corrected chi connectivity index (χ1v) is 6.60. The van der Waals surface area contributed by atoms with Crippen molar-refractivity contribution < 1.29 is 4.39 Å². The standard InChI is InChI=1S/C17H16FN/c1-2-16(13-6-4-3-5-7-13)19-11-10-14-8-9-15(18)12-17(14)19/h3-12,16H,2H2,1H3. The average Bonchev–Trinajstić information content (AvgIpc) is 2.84. The van der Waals surface area contributed by atoms with Crippen molar-refractivity contribution in [2.75, 3.05) is 0 Å². The molecule has 0 aliphatic carbocycles. The number of nitrogens with zero attached hydrogens (tertiary/aromatic N) is 1. The Hall–Kier alpha value is -2.09. The predicted molar refractivity (Wildman–Crippen MR) is 76.8 cm³/mol. The summed E-state index contributed by atoms with van der Waals surface area (Å²) in [5.41, 5.74) is 2.21. The second-order valence-corrected chi connectivity index (χ2v) is 4.76. The van der Waals surface area contributed by atoms with Crippen LogP contribution in [0.3, 0.4) is 0 Å². The van der Waals surface area contributed by atoms with E-state index in [9.17, 15) is 4.39 Å². The third-order valence-corrected chi connectivity index (χ3v) is 3.59. The Labute approximate surface area is 112 Å². The Bertz CT molecular complexity index is 685. The normalized spacial score (nSPS) is 12.7. The van der Waals surface area contributed by atoms with Gasteiger partial charge in [0.2, 0.25) is 0 Å². The average molecular weight is 253 g/mol. The Kier molecular flexibility index (Phi) is 3.08. The van der Waals surface area contributed by atoms with Crippen LogP contribution in [0.4, 0.5) is 4.39 Å². The number of fused-ring (bicyclic) bond motifs is 1. The molecule has 0 fully saturated rings. The predicted octanol–water partition coefficient (Wildman–Crippen LogP) is 4.78. The van der Waals surface area contributed by atoms with Gasteiger partial charge in [0.1, 0.15) is 5.82 Å². The van der Waals surface area contributed by atoms with Crippen LogP contribution < -0.4 is 0 Å². The Morgan fingerprint density at radius 2 is 1.84 bits per heavy atom. The molecule has 19 heavy (non-hydrogen) atoms. The molecule has 0 aliphatic rings. The van der Waals surface area contributed by atoms with Gasteiger partial charge in [-0.15, -0.1) is 0 Å². The van der Waals surface area contributed by atoms with E-state index in [4.69, 9.17) is 0 Å². The second kappa shape index (κ2) is 4.88. The molecule has 1 heterocycles. The van der Waals surface area contributed by atoms with E-state index >= 15 is 0 Å². The molecular weight excluding hydrogens is 237 g/mol. The third-order valence-electron chi connectivity index (χ3n) is 3.59. The number of halogens is 1. The zero-order chi connectivity index (χ0) is 13.2. The van der Waals surface area contributed by atoms with E-state index in [1.54, 1.807) is 6.07 Å². The van der Waals surface area contributed by atoms with E-state index in [1.807, 2.05) is 36.5 Å². The van der Waals surface area contributed by atoms with Gasteiger partial charge in [-0.1, -0.05) is 37.3 Å². The van der Waals surface area contributed by atoms with Crippen LogP contribution in [-0.2, 0) is 0 Å². The van der Waals surface area contributed by atoms with Crippen LogP contribution >= 0.6 is 0 Å². The molecule has 96 valence electrons. The number of rotatable bonds is 3. The maximum Gasteiger partial charge on any atom is 0.125 e. The number of hydrogen-bond acceptors (Lipinski definition) is 0. The molecule has 1 atom stereocenters. The minimum atomic E-state index is -0.185. The van der Waals surface area contributed by atoms with E-state index < -0.39 is 0 Å². The lowest BCUT2D eigenvalue weighted by Gasteiger charge is -2.19. The largest absolute Gasteiger partial charge is 0.340 e. The van der Waals surface area contributed by atoms with Crippen molar-refractivity contribution in [3.05, 3.63) is 72.2 Å². The number of hydrogen-bond donors (Lipinski definition) is 0. The molecule has 0 spiro atoms. The lowest BCUT2D eigenvalue weighted by Crippen LogP contribution is -2.08. The van der Waals surface area contributed by atoms with Gasteiger partial charge in [0, 0.05) is 6.20 Å². The van der Waals surface area contributed by atoms with Gasteiger partial charge in [-0.05, 0) is 41.6 Å². The van der Waals surface area contributed by atoms with Crippen LogP contribution in [-0.4, -0.2) is 4.57 Å². The minimum absolute atomic E-state index is 0.185. The van der Waals surface area contributed by atoms with Gasteiger partial charge in [0.05, 0.1) is 11.6 Å². The lowest BCUT2D eigenvalue weighted by atomic mass is 10.0. The maximum atomic E-state index is 13.5. The molecule has 3 aromatic rings. The summed E-state index contributed by atoms with van der Waals surface area (Å²) < 4.78 is 15.6. The van der Waals surface area contributed by atoms with Gasteiger partial charge >= 0.3 is 0 Å². The van der Waals surface area contributed by atoms with Crippen LogP contribution in [0.15, 0.2) is 60.8 Å². The summed E-state index contributed by atoms with van der Waals surface area (Å²) in [5, 5.41) is 1.08. The van der Waals surface area contributed by atoms with E-state index in [0.29, 0.717) is 0 Å². The molecule has 1 nitrogen and oxygen atoms in total. The topological polar surface area (TPSA) is 4.93 Å². The van der Waals surface area contributed by atoms with E-state index in [-0.39, 0.29) is 11.9 Å². The van der Waals surface area contributed by atoms with Crippen LogP contribution in [0.2, 0.25) is 0 Å². The van der Waals surface area contributed by atoms with Crippen molar-refractivity contribution in [2.45, 2.75) is 19.4 Å².